The van der Waals surface area contributed by atoms with E-state index in [1.807, 2.05) is 31.1 Å². The summed E-state index contributed by atoms with van der Waals surface area (Å²) in [6, 6.07) is 3.79. The van der Waals surface area contributed by atoms with Gasteiger partial charge in [-0.05, 0) is 64.8 Å². The van der Waals surface area contributed by atoms with E-state index in [-0.39, 0.29) is 11.5 Å². The Morgan fingerprint density at radius 2 is 2.07 bits per heavy atom. The fourth-order valence-corrected chi connectivity index (χ4v) is 4.80. The highest BCUT2D eigenvalue weighted by Crippen LogP contribution is 2.55. The number of fused-ring (bicyclic) bond motifs is 3. The molecule has 1 fully saturated rings. The Bertz CT molecular complexity index is 699. The topological polar surface area (TPSA) is 50.8 Å². The molecule has 1 aliphatic heterocycles. The number of methoxy groups -OCH3 is 1. The van der Waals surface area contributed by atoms with E-state index < -0.39 is 0 Å². The fraction of sp³-hybridized carbons (Fsp3) is 0.682. The van der Waals surface area contributed by atoms with Gasteiger partial charge >= 0.3 is 0 Å². The van der Waals surface area contributed by atoms with Gasteiger partial charge in [0.25, 0.3) is 5.91 Å². The molecule has 3 atom stereocenters. The molecule has 1 N–H and O–H groups in total. The molecule has 1 aliphatic carbocycles. The molecule has 0 saturated heterocycles. The second-order valence-corrected chi connectivity index (χ2v) is 8.95. The Hall–Kier alpha value is -1.75. The Balaban J connectivity index is 1.97. The third-order valence-corrected chi connectivity index (χ3v) is 6.20. The fourth-order valence-electron chi connectivity index (χ4n) is 4.80. The first kappa shape index (κ1) is 20.0. The number of carbonyl (C=O) groups excluding carboxylic acids is 1. The van der Waals surface area contributed by atoms with E-state index in [4.69, 9.17) is 9.47 Å². The van der Waals surface area contributed by atoms with Gasteiger partial charge in [-0.25, -0.2) is 0 Å². The van der Waals surface area contributed by atoms with Crippen LogP contribution in [0.25, 0.3) is 0 Å². The highest BCUT2D eigenvalue weighted by molar-refractivity contribution is 5.98. The van der Waals surface area contributed by atoms with Crippen molar-refractivity contribution in [2.45, 2.75) is 51.6 Å². The van der Waals surface area contributed by atoms with Gasteiger partial charge in [-0.3, -0.25) is 4.79 Å². The first-order valence-electron chi connectivity index (χ1n) is 10.1. The molecule has 1 saturated carbocycles. The minimum absolute atomic E-state index is 0.0817. The van der Waals surface area contributed by atoms with Gasteiger partial charge in [0.05, 0.1) is 12.7 Å². The number of carbonyl (C=O) groups is 1. The average Bonchev–Trinajstić information content (AvgIpc) is 2.59. The molecule has 0 unspecified atom stereocenters. The molecule has 5 nitrogen and oxygen atoms in total. The molecular formula is C22H34N2O3. The highest BCUT2D eigenvalue weighted by Gasteiger charge is 2.47. The predicted octanol–water partition coefficient (Wildman–Crippen LogP) is 3.68. The lowest BCUT2D eigenvalue weighted by atomic mass is 9.64. The molecule has 0 bridgehead atoms. The third kappa shape index (κ3) is 3.93. The van der Waals surface area contributed by atoms with E-state index in [1.54, 1.807) is 7.11 Å². The van der Waals surface area contributed by atoms with Gasteiger partial charge in [0, 0.05) is 24.6 Å². The number of nitrogens with one attached hydrogen (secondary N) is 1. The van der Waals surface area contributed by atoms with Gasteiger partial charge in [0.2, 0.25) is 0 Å². The minimum atomic E-state index is -0.196. The van der Waals surface area contributed by atoms with Crippen molar-refractivity contribution in [1.29, 1.82) is 0 Å². The largest absolute Gasteiger partial charge is 0.495 e. The molecule has 0 aromatic heterocycles. The first-order chi connectivity index (χ1) is 12.7. The maximum Gasteiger partial charge on any atom is 0.255 e. The van der Waals surface area contributed by atoms with Crippen LogP contribution in [0.2, 0.25) is 0 Å². The van der Waals surface area contributed by atoms with E-state index in [0.29, 0.717) is 35.6 Å². The molecule has 3 rings (SSSR count). The predicted molar refractivity (Wildman–Crippen MR) is 108 cm³/mol. The van der Waals surface area contributed by atoms with Crippen molar-refractivity contribution >= 4 is 5.91 Å². The summed E-state index contributed by atoms with van der Waals surface area (Å²) >= 11 is 0. The van der Waals surface area contributed by atoms with Crippen molar-refractivity contribution in [2.75, 3.05) is 34.3 Å². The minimum Gasteiger partial charge on any atom is -0.495 e. The molecule has 5 heteroatoms. The standard InChI is InChI=1S/C22H34N2O3/c1-14-7-9-17-16(13-14)19-18(27-22(17,2)3)10-8-15(20(19)26-6)21(25)23-11-12-24(4)5/h8,10,14,16-17H,7,9,11-13H2,1-6H3,(H,23,25)/t14-,16-,17-/m1/s1. The summed E-state index contributed by atoms with van der Waals surface area (Å²) in [5.74, 6) is 2.97. The van der Waals surface area contributed by atoms with Crippen LogP contribution in [0.4, 0.5) is 0 Å². The van der Waals surface area contributed by atoms with E-state index in [9.17, 15) is 4.79 Å². The normalized spacial score (nSPS) is 26.0. The number of benzene rings is 1. The lowest BCUT2D eigenvalue weighted by molar-refractivity contribution is -0.0145. The zero-order valence-electron chi connectivity index (χ0n) is 17.6. The summed E-state index contributed by atoms with van der Waals surface area (Å²) in [6.45, 7) is 8.12. The smallest absolute Gasteiger partial charge is 0.255 e. The van der Waals surface area contributed by atoms with Gasteiger partial charge in [0.15, 0.2) is 0 Å². The number of hydrogen-bond acceptors (Lipinski definition) is 4. The zero-order chi connectivity index (χ0) is 19.8. The summed E-state index contributed by atoms with van der Waals surface area (Å²) in [5.41, 5.74) is 1.50. The average molecular weight is 375 g/mol. The van der Waals surface area contributed by atoms with E-state index in [1.165, 1.54) is 6.42 Å². The van der Waals surface area contributed by atoms with Crippen molar-refractivity contribution in [3.63, 3.8) is 0 Å². The SMILES string of the molecule is COc1c(C(=O)NCCN(C)C)ccc2c1[C@@H]1C[C@H](C)CC[C@H]1C(C)(C)O2. The molecule has 0 spiro atoms. The van der Waals surface area contributed by atoms with Crippen LogP contribution >= 0.6 is 0 Å². The molecule has 1 amide bonds. The van der Waals surface area contributed by atoms with Crippen LogP contribution in [0.5, 0.6) is 11.5 Å². The first-order valence-corrected chi connectivity index (χ1v) is 10.1. The van der Waals surface area contributed by atoms with Gasteiger partial charge in [0.1, 0.15) is 17.1 Å². The van der Waals surface area contributed by atoms with E-state index >= 15 is 0 Å². The van der Waals surface area contributed by atoms with Crippen molar-refractivity contribution in [1.82, 2.24) is 10.2 Å². The maximum atomic E-state index is 12.8. The molecule has 2 aliphatic rings. The third-order valence-electron chi connectivity index (χ3n) is 6.20. The molecule has 0 radical (unpaired) electrons. The quantitative estimate of drug-likeness (QED) is 0.854. The molecule has 27 heavy (non-hydrogen) atoms. The van der Waals surface area contributed by atoms with Gasteiger partial charge in [-0.2, -0.15) is 0 Å². The lowest BCUT2D eigenvalue weighted by Crippen LogP contribution is -2.47. The van der Waals surface area contributed by atoms with Crippen LogP contribution in [0.1, 0.15) is 61.9 Å². The number of hydrogen-bond donors (Lipinski definition) is 1. The number of nitrogens with zero attached hydrogens (tertiary/aromatic N) is 1. The van der Waals surface area contributed by atoms with Crippen LogP contribution < -0.4 is 14.8 Å². The van der Waals surface area contributed by atoms with Gasteiger partial charge in [-0.15, -0.1) is 0 Å². The summed E-state index contributed by atoms with van der Waals surface area (Å²) in [6.07, 6.45) is 3.50. The van der Waals surface area contributed by atoms with Crippen molar-refractivity contribution in [3.8, 4) is 11.5 Å². The van der Waals surface area contributed by atoms with E-state index in [2.05, 4.69) is 26.1 Å². The van der Waals surface area contributed by atoms with Crippen molar-refractivity contribution in [2.24, 2.45) is 11.8 Å². The number of likely N-dealkylation sites (N-methyl/N-ethyl adjacent to an activating group) is 1. The second kappa shape index (κ2) is 7.70. The van der Waals surface area contributed by atoms with Crippen LogP contribution in [-0.4, -0.2) is 50.7 Å². The van der Waals surface area contributed by atoms with Crippen molar-refractivity contribution < 1.29 is 14.3 Å². The summed E-state index contributed by atoms with van der Waals surface area (Å²) in [4.78, 5) is 14.8. The van der Waals surface area contributed by atoms with Crippen LogP contribution in [0.15, 0.2) is 12.1 Å². The van der Waals surface area contributed by atoms with E-state index in [0.717, 1.165) is 30.7 Å². The monoisotopic (exact) mass is 374 g/mol. The molecular weight excluding hydrogens is 340 g/mol. The Labute approximate surface area is 163 Å². The van der Waals surface area contributed by atoms with Crippen LogP contribution in [-0.2, 0) is 0 Å². The highest BCUT2D eigenvalue weighted by atomic mass is 16.5. The molecule has 1 aromatic rings. The Morgan fingerprint density at radius 3 is 2.74 bits per heavy atom. The Morgan fingerprint density at radius 1 is 1.33 bits per heavy atom. The maximum absolute atomic E-state index is 12.8. The van der Waals surface area contributed by atoms with Gasteiger partial charge in [-0.1, -0.05) is 13.3 Å². The molecule has 1 aromatic carbocycles. The van der Waals surface area contributed by atoms with Crippen LogP contribution in [0, 0.1) is 11.8 Å². The number of ether oxygens (including phenoxy) is 2. The summed E-state index contributed by atoms with van der Waals surface area (Å²) < 4.78 is 12.2. The summed E-state index contributed by atoms with van der Waals surface area (Å²) in [5, 5.41) is 3.01. The van der Waals surface area contributed by atoms with Gasteiger partial charge < -0.3 is 19.7 Å². The molecule has 1 heterocycles. The second-order valence-electron chi connectivity index (χ2n) is 8.95. The van der Waals surface area contributed by atoms with Crippen molar-refractivity contribution in [3.05, 3.63) is 23.3 Å². The zero-order valence-corrected chi connectivity index (χ0v) is 17.6. The van der Waals surface area contributed by atoms with Crippen LogP contribution in [0.3, 0.4) is 0 Å². The number of amides is 1. The summed E-state index contributed by atoms with van der Waals surface area (Å²) in [7, 11) is 5.65. The lowest BCUT2D eigenvalue weighted by Gasteiger charge is -2.49. The Kier molecular flexibility index (Phi) is 5.71. The molecule has 150 valence electrons. The number of rotatable bonds is 5.